The molecular formula is C15H16BrN3O. The van der Waals surface area contributed by atoms with E-state index < -0.39 is 0 Å². The van der Waals surface area contributed by atoms with Crippen LogP contribution in [0.15, 0.2) is 35.1 Å². The zero-order valence-electron chi connectivity index (χ0n) is 11.3. The van der Waals surface area contributed by atoms with Crippen molar-refractivity contribution in [3.63, 3.8) is 0 Å². The van der Waals surface area contributed by atoms with Crippen molar-refractivity contribution in [1.29, 1.82) is 0 Å². The molecule has 4 nitrogen and oxygen atoms in total. The van der Waals surface area contributed by atoms with Gasteiger partial charge >= 0.3 is 0 Å². The van der Waals surface area contributed by atoms with Crippen molar-refractivity contribution >= 4 is 27.7 Å². The molecule has 1 amide bonds. The van der Waals surface area contributed by atoms with Crippen molar-refractivity contribution in [2.75, 3.05) is 5.32 Å². The average Bonchev–Trinajstić information content (AvgIpc) is 2.79. The van der Waals surface area contributed by atoms with Crippen LogP contribution in [0.4, 0.5) is 5.82 Å². The third-order valence-corrected chi connectivity index (χ3v) is 4.19. The summed E-state index contributed by atoms with van der Waals surface area (Å²) in [6, 6.07) is 6.20. The highest BCUT2D eigenvalue weighted by Gasteiger charge is 2.23. The lowest BCUT2D eigenvalue weighted by Gasteiger charge is -2.28. The normalized spacial score (nSPS) is 14.9. The van der Waals surface area contributed by atoms with Crippen molar-refractivity contribution in [3.05, 3.63) is 46.3 Å². The van der Waals surface area contributed by atoms with E-state index in [0.717, 1.165) is 22.9 Å². The first-order valence-electron chi connectivity index (χ1n) is 6.75. The summed E-state index contributed by atoms with van der Waals surface area (Å²) in [6.07, 6.45) is 7.24. The van der Waals surface area contributed by atoms with E-state index in [1.807, 2.05) is 31.3 Å². The van der Waals surface area contributed by atoms with E-state index in [4.69, 9.17) is 0 Å². The Balaban J connectivity index is 1.81. The van der Waals surface area contributed by atoms with Gasteiger partial charge in [-0.15, -0.1) is 0 Å². The summed E-state index contributed by atoms with van der Waals surface area (Å²) < 4.78 is 2.98. The fraction of sp³-hybridized carbons (Fsp3) is 0.333. The maximum absolute atomic E-state index is 12.4. The Morgan fingerprint density at radius 2 is 2.30 bits per heavy atom. The van der Waals surface area contributed by atoms with Gasteiger partial charge in [0.25, 0.3) is 5.91 Å². The van der Waals surface area contributed by atoms with Crippen molar-refractivity contribution in [3.8, 4) is 0 Å². The fourth-order valence-corrected chi connectivity index (χ4v) is 2.86. The van der Waals surface area contributed by atoms with Gasteiger partial charge in [0.1, 0.15) is 11.5 Å². The summed E-state index contributed by atoms with van der Waals surface area (Å²) in [5.74, 6) is 0.513. The van der Waals surface area contributed by atoms with Crippen LogP contribution < -0.4 is 5.32 Å². The minimum atomic E-state index is -0.0974. The molecule has 2 aromatic rings. The van der Waals surface area contributed by atoms with Crippen LogP contribution in [0.2, 0.25) is 0 Å². The quantitative estimate of drug-likeness (QED) is 0.924. The number of aromatic nitrogens is 2. The van der Waals surface area contributed by atoms with E-state index in [-0.39, 0.29) is 5.91 Å². The maximum Gasteiger partial charge on any atom is 0.273 e. The van der Waals surface area contributed by atoms with Crippen molar-refractivity contribution in [2.24, 2.45) is 0 Å². The standard InChI is InChI=1S/C15H16BrN3O/c1-10-8-11(16)9-17-14(10)18-15(20)13-6-3-7-19(13)12-4-2-5-12/h3,6-9,12H,2,4-5H2,1H3,(H,17,18,20). The number of halogens is 1. The molecule has 1 fully saturated rings. The summed E-state index contributed by atoms with van der Waals surface area (Å²) >= 11 is 3.37. The second-order valence-electron chi connectivity index (χ2n) is 5.16. The van der Waals surface area contributed by atoms with Crippen LogP contribution in [0.3, 0.4) is 0 Å². The lowest BCUT2D eigenvalue weighted by Crippen LogP contribution is -2.23. The molecule has 0 spiro atoms. The van der Waals surface area contributed by atoms with Gasteiger partial charge in [-0.05, 0) is 65.9 Å². The molecule has 0 aliphatic heterocycles. The Hall–Kier alpha value is -1.62. The third kappa shape index (κ3) is 2.50. The summed E-state index contributed by atoms with van der Waals surface area (Å²) in [5.41, 5.74) is 1.65. The molecule has 20 heavy (non-hydrogen) atoms. The summed E-state index contributed by atoms with van der Waals surface area (Å²) in [7, 11) is 0. The number of carbonyl (C=O) groups is 1. The van der Waals surface area contributed by atoms with Gasteiger partial charge in [-0.3, -0.25) is 4.79 Å². The fourth-order valence-electron chi connectivity index (χ4n) is 2.41. The topological polar surface area (TPSA) is 46.9 Å². The van der Waals surface area contributed by atoms with Crippen LogP contribution >= 0.6 is 15.9 Å². The minimum absolute atomic E-state index is 0.0974. The number of anilines is 1. The molecule has 1 N–H and O–H groups in total. The van der Waals surface area contributed by atoms with Gasteiger partial charge in [0, 0.05) is 22.9 Å². The number of nitrogens with one attached hydrogen (secondary N) is 1. The second-order valence-corrected chi connectivity index (χ2v) is 6.07. The van der Waals surface area contributed by atoms with E-state index in [0.29, 0.717) is 17.6 Å². The highest BCUT2D eigenvalue weighted by atomic mass is 79.9. The number of aryl methyl sites for hydroxylation is 1. The lowest BCUT2D eigenvalue weighted by molar-refractivity contribution is 0.101. The van der Waals surface area contributed by atoms with Crippen molar-refractivity contribution in [2.45, 2.75) is 32.2 Å². The summed E-state index contributed by atoms with van der Waals surface area (Å²) in [5, 5.41) is 2.89. The Kier molecular flexibility index (Phi) is 3.61. The van der Waals surface area contributed by atoms with E-state index >= 15 is 0 Å². The third-order valence-electron chi connectivity index (χ3n) is 3.76. The van der Waals surface area contributed by atoms with Gasteiger partial charge in [0.15, 0.2) is 0 Å². The van der Waals surface area contributed by atoms with E-state index in [1.165, 1.54) is 6.42 Å². The Labute approximate surface area is 126 Å². The number of hydrogen-bond acceptors (Lipinski definition) is 2. The van der Waals surface area contributed by atoms with Crippen LogP contribution in [0.5, 0.6) is 0 Å². The molecule has 1 aliphatic rings. The Morgan fingerprint density at radius 3 is 2.95 bits per heavy atom. The lowest BCUT2D eigenvalue weighted by atomic mass is 9.93. The zero-order chi connectivity index (χ0) is 14.1. The number of pyridine rings is 1. The van der Waals surface area contributed by atoms with Crippen LogP contribution in [0, 0.1) is 6.92 Å². The smallest absolute Gasteiger partial charge is 0.273 e. The highest BCUT2D eigenvalue weighted by Crippen LogP contribution is 2.32. The largest absolute Gasteiger partial charge is 0.340 e. The monoisotopic (exact) mass is 333 g/mol. The van der Waals surface area contributed by atoms with E-state index in [2.05, 4.69) is 30.8 Å². The van der Waals surface area contributed by atoms with Crippen LogP contribution in [-0.4, -0.2) is 15.5 Å². The molecule has 2 heterocycles. The van der Waals surface area contributed by atoms with Gasteiger partial charge < -0.3 is 9.88 Å². The molecule has 0 saturated heterocycles. The highest BCUT2D eigenvalue weighted by molar-refractivity contribution is 9.10. The van der Waals surface area contributed by atoms with E-state index in [9.17, 15) is 4.79 Å². The minimum Gasteiger partial charge on any atom is -0.340 e. The molecule has 2 aromatic heterocycles. The van der Waals surface area contributed by atoms with Gasteiger partial charge in [-0.25, -0.2) is 4.98 Å². The molecule has 0 radical (unpaired) electrons. The number of carbonyl (C=O) groups excluding carboxylic acids is 1. The van der Waals surface area contributed by atoms with Gasteiger partial charge in [0.2, 0.25) is 0 Å². The SMILES string of the molecule is Cc1cc(Br)cnc1NC(=O)c1cccn1C1CCC1. The molecule has 0 aromatic carbocycles. The van der Waals surface area contributed by atoms with Gasteiger partial charge in [0.05, 0.1) is 0 Å². The first kappa shape index (κ1) is 13.4. The summed E-state index contributed by atoms with van der Waals surface area (Å²) in [6.45, 7) is 1.93. The molecular weight excluding hydrogens is 318 g/mol. The van der Waals surface area contributed by atoms with E-state index in [1.54, 1.807) is 6.20 Å². The molecule has 0 unspecified atom stereocenters. The second kappa shape index (κ2) is 5.40. The maximum atomic E-state index is 12.4. The molecule has 1 saturated carbocycles. The Morgan fingerprint density at radius 1 is 1.50 bits per heavy atom. The van der Waals surface area contributed by atoms with Crippen molar-refractivity contribution < 1.29 is 4.79 Å². The Bertz CT molecular complexity index is 646. The van der Waals surface area contributed by atoms with Crippen LogP contribution in [-0.2, 0) is 0 Å². The van der Waals surface area contributed by atoms with Gasteiger partial charge in [-0.1, -0.05) is 0 Å². The van der Waals surface area contributed by atoms with Crippen LogP contribution in [0.1, 0.15) is 41.4 Å². The van der Waals surface area contributed by atoms with Crippen LogP contribution in [0.25, 0.3) is 0 Å². The predicted octanol–water partition coefficient (Wildman–Crippen LogP) is 3.93. The predicted molar refractivity (Wildman–Crippen MR) is 81.9 cm³/mol. The molecule has 5 heteroatoms. The average molecular weight is 334 g/mol. The molecule has 104 valence electrons. The van der Waals surface area contributed by atoms with Crippen molar-refractivity contribution in [1.82, 2.24) is 9.55 Å². The molecule has 1 aliphatic carbocycles. The first-order valence-corrected chi connectivity index (χ1v) is 7.55. The number of hydrogen-bond donors (Lipinski definition) is 1. The molecule has 0 bridgehead atoms. The number of rotatable bonds is 3. The summed E-state index contributed by atoms with van der Waals surface area (Å²) in [4.78, 5) is 16.6. The molecule has 0 atom stereocenters. The molecule has 3 rings (SSSR count). The van der Waals surface area contributed by atoms with Gasteiger partial charge in [-0.2, -0.15) is 0 Å². The number of amides is 1. The number of nitrogens with zero attached hydrogens (tertiary/aromatic N) is 2. The zero-order valence-corrected chi connectivity index (χ0v) is 12.9. The first-order chi connectivity index (χ1) is 9.65.